The topological polar surface area (TPSA) is 58.6 Å². The number of esters is 1. The average Bonchev–Trinajstić information content (AvgIpc) is 2.96. The second-order valence-corrected chi connectivity index (χ2v) is 5.52. The van der Waals surface area contributed by atoms with Crippen LogP contribution in [0.2, 0.25) is 0 Å². The Morgan fingerprint density at radius 1 is 1.30 bits per heavy atom. The number of ether oxygens (including phenoxy) is 1. The normalized spacial score (nSPS) is 17.1. The third-order valence-electron chi connectivity index (χ3n) is 4.20. The maximum atomic E-state index is 11.4. The van der Waals surface area contributed by atoms with Crippen LogP contribution in [0.15, 0.2) is 24.3 Å². The highest BCUT2D eigenvalue weighted by Gasteiger charge is 2.32. The molecule has 0 heterocycles. The van der Waals surface area contributed by atoms with Gasteiger partial charge in [0, 0.05) is 12.1 Å². The summed E-state index contributed by atoms with van der Waals surface area (Å²) in [6.07, 6.45) is 4.65. The number of benzene rings is 1. The number of hydrogen-bond acceptors (Lipinski definition) is 4. The quantitative estimate of drug-likeness (QED) is 0.778. The van der Waals surface area contributed by atoms with Crippen LogP contribution in [0.25, 0.3) is 0 Å². The second-order valence-electron chi connectivity index (χ2n) is 5.52. The number of carbonyl (C=O) groups excluding carboxylic acids is 1. The Morgan fingerprint density at radius 2 is 1.95 bits per heavy atom. The van der Waals surface area contributed by atoms with E-state index in [9.17, 15) is 9.90 Å². The standard InChI is InChI=1S/C16H23NO3/c1-20-15(19)10-13-6-2-3-7-14(13)11-17-16(12-18)8-4-5-9-16/h2-3,6-7,17-18H,4-5,8-12H2,1H3. The molecule has 0 bridgehead atoms. The molecule has 4 heteroatoms. The molecular formula is C16H23NO3. The van der Waals surface area contributed by atoms with Crippen LogP contribution in [-0.4, -0.2) is 30.3 Å². The lowest BCUT2D eigenvalue weighted by atomic mass is 9.97. The van der Waals surface area contributed by atoms with Crippen LogP contribution in [0, 0.1) is 0 Å². The third-order valence-corrected chi connectivity index (χ3v) is 4.20. The summed E-state index contributed by atoms with van der Waals surface area (Å²) in [6, 6.07) is 7.87. The molecule has 20 heavy (non-hydrogen) atoms. The van der Waals surface area contributed by atoms with Gasteiger partial charge in [-0.1, -0.05) is 37.1 Å². The van der Waals surface area contributed by atoms with Gasteiger partial charge in [0.2, 0.25) is 0 Å². The van der Waals surface area contributed by atoms with Crippen LogP contribution >= 0.6 is 0 Å². The summed E-state index contributed by atoms with van der Waals surface area (Å²) in [6.45, 7) is 0.847. The van der Waals surface area contributed by atoms with Crippen molar-refractivity contribution in [2.24, 2.45) is 0 Å². The molecule has 1 aromatic carbocycles. The van der Waals surface area contributed by atoms with Crippen molar-refractivity contribution in [1.82, 2.24) is 5.32 Å². The van der Waals surface area contributed by atoms with E-state index in [0.717, 1.165) is 36.8 Å². The maximum absolute atomic E-state index is 11.4. The minimum absolute atomic E-state index is 0.140. The van der Waals surface area contributed by atoms with Crippen molar-refractivity contribution < 1.29 is 14.6 Å². The van der Waals surface area contributed by atoms with Gasteiger partial charge in [0.1, 0.15) is 0 Å². The van der Waals surface area contributed by atoms with E-state index in [1.807, 2.05) is 24.3 Å². The predicted octanol–water partition coefficient (Wildman–Crippen LogP) is 1.80. The summed E-state index contributed by atoms with van der Waals surface area (Å²) in [4.78, 5) is 11.4. The van der Waals surface area contributed by atoms with E-state index in [1.54, 1.807) is 0 Å². The first-order chi connectivity index (χ1) is 9.69. The summed E-state index contributed by atoms with van der Waals surface area (Å²) in [5.41, 5.74) is 1.94. The summed E-state index contributed by atoms with van der Waals surface area (Å²) < 4.78 is 4.73. The number of methoxy groups -OCH3 is 1. The zero-order valence-electron chi connectivity index (χ0n) is 12.0. The summed E-state index contributed by atoms with van der Waals surface area (Å²) >= 11 is 0. The fourth-order valence-electron chi connectivity index (χ4n) is 2.86. The van der Waals surface area contributed by atoms with Gasteiger partial charge in [0.25, 0.3) is 0 Å². The molecule has 0 amide bonds. The molecule has 110 valence electrons. The maximum Gasteiger partial charge on any atom is 0.309 e. The lowest BCUT2D eigenvalue weighted by molar-refractivity contribution is -0.139. The molecule has 1 fully saturated rings. The Morgan fingerprint density at radius 3 is 2.55 bits per heavy atom. The van der Waals surface area contributed by atoms with Gasteiger partial charge in [-0.2, -0.15) is 0 Å². The third kappa shape index (κ3) is 3.58. The van der Waals surface area contributed by atoms with Crippen LogP contribution in [0.5, 0.6) is 0 Å². The SMILES string of the molecule is COC(=O)Cc1ccccc1CNC1(CO)CCCC1. The molecule has 1 aliphatic rings. The number of rotatable bonds is 6. The van der Waals surface area contributed by atoms with Crippen molar-refractivity contribution in [3.8, 4) is 0 Å². The van der Waals surface area contributed by atoms with E-state index < -0.39 is 0 Å². The molecule has 1 aliphatic carbocycles. The first-order valence-electron chi connectivity index (χ1n) is 7.18. The number of aliphatic hydroxyl groups excluding tert-OH is 1. The Labute approximate surface area is 120 Å². The molecule has 0 aliphatic heterocycles. The molecule has 0 radical (unpaired) electrons. The molecule has 0 spiro atoms. The van der Waals surface area contributed by atoms with Crippen LogP contribution < -0.4 is 5.32 Å². The van der Waals surface area contributed by atoms with E-state index in [2.05, 4.69) is 5.32 Å². The summed E-state index contributed by atoms with van der Waals surface area (Å²) in [7, 11) is 1.41. The molecule has 0 unspecified atom stereocenters. The fraction of sp³-hybridized carbons (Fsp3) is 0.562. The van der Waals surface area contributed by atoms with Gasteiger partial charge in [-0.3, -0.25) is 4.79 Å². The van der Waals surface area contributed by atoms with Gasteiger partial charge in [-0.15, -0.1) is 0 Å². The van der Waals surface area contributed by atoms with E-state index in [0.29, 0.717) is 13.0 Å². The molecule has 1 saturated carbocycles. The number of aliphatic hydroxyl groups is 1. The first kappa shape index (κ1) is 15.0. The second kappa shape index (κ2) is 6.86. The highest BCUT2D eigenvalue weighted by atomic mass is 16.5. The van der Waals surface area contributed by atoms with Crippen LogP contribution in [0.1, 0.15) is 36.8 Å². The number of hydrogen-bond donors (Lipinski definition) is 2. The van der Waals surface area contributed by atoms with E-state index in [-0.39, 0.29) is 18.1 Å². The largest absolute Gasteiger partial charge is 0.469 e. The van der Waals surface area contributed by atoms with Crippen LogP contribution in [-0.2, 0) is 22.5 Å². The van der Waals surface area contributed by atoms with Crippen LogP contribution in [0.3, 0.4) is 0 Å². The van der Waals surface area contributed by atoms with Gasteiger partial charge in [-0.05, 0) is 24.0 Å². The fourth-order valence-corrected chi connectivity index (χ4v) is 2.86. The highest BCUT2D eigenvalue weighted by molar-refractivity contribution is 5.72. The molecule has 1 aromatic rings. The van der Waals surface area contributed by atoms with Crippen molar-refractivity contribution in [2.75, 3.05) is 13.7 Å². The average molecular weight is 277 g/mol. The Kier molecular flexibility index (Phi) is 5.15. The molecule has 2 rings (SSSR count). The van der Waals surface area contributed by atoms with Gasteiger partial charge in [-0.25, -0.2) is 0 Å². The van der Waals surface area contributed by atoms with Gasteiger partial charge in [0.15, 0.2) is 0 Å². The number of carbonyl (C=O) groups is 1. The van der Waals surface area contributed by atoms with Crippen molar-refractivity contribution in [1.29, 1.82) is 0 Å². The zero-order valence-corrected chi connectivity index (χ0v) is 12.0. The van der Waals surface area contributed by atoms with Crippen molar-refractivity contribution in [2.45, 2.75) is 44.2 Å². The highest BCUT2D eigenvalue weighted by Crippen LogP contribution is 2.29. The van der Waals surface area contributed by atoms with E-state index in [1.165, 1.54) is 7.11 Å². The molecule has 0 saturated heterocycles. The summed E-state index contributed by atoms with van der Waals surface area (Å²) in [5, 5.41) is 13.1. The number of nitrogens with one attached hydrogen (secondary N) is 1. The minimum atomic E-state index is -0.227. The molecule has 0 aromatic heterocycles. The molecule has 0 atom stereocenters. The van der Waals surface area contributed by atoms with Crippen molar-refractivity contribution >= 4 is 5.97 Å². The monoisotopic (exact) mass is 277 g/mol. The van der Waals surface area contributed by atoms with Gasteiger partial charge in [0.05, 0.1) is 20.1 Å². The van der Waals surface area contributed by atoms with Crippen molar-refractivity contribution in [3.05, 3.63) is 35.4 Å². The Hall–Kier alpha value is -1.39. The Balaban J connectivity index is 2.03. The lowest BCUT2D eigenvalue weighted by Gasteiger charge is -2.28. The molecule has 4 nitrogen and oxygen atoms in total. The van der Waals surface area contributed by atoms with Crippen molar-refractivity contribution in [3.63, 3.8) is 0 Å². The smallest absolute Gasteiger partial charge is 0.309 e. The van der Waals surface area contributed by atoms with Gasteiger partial charge >= 0.3 is 5.97 Å². The first-order valence-corrected chi connectivity index (χ1v) is 7.18. The Bertz CT molecular complexity index is 453. The van der Waals surface area contributed by atoms with Crippen LogP contribution in [0.4, 0.5) is 0 Å². The van der Waals surface area contributed by atoms with E-state index >= 15 is 0 Å². The van der Waals surface area contributed by atoms with Gasteiger partial charge < -0.3 is 15.2 Å². The minimum Gasteiger partial charge on any atom is -0.469 e. The predicted molar refractivity (Wildman–Crippen MR) is 77.3 cm³/mol. The van der Waals surface area contributed by atoms with E-state index in [4.69, 9.17) is 4.74 Å². The zero-order chi connectivity index (χ0) is 14.4. The molecule has 2 N–H and O–H groups in total. The summed E-state index contributed by atoms with van der Waals surface area (Å²) in [5.74, 6) is -0.227. The lowest BCUT2D eigenvalue weighted by Crippen LogP contribution is -2.45. The molecular weight excluding hydrogens is 254 g/mol.